The first-order chi connectivity index (χ1) is 8.67. The fourth-order valence-electron chi connectivity index (χ4n) is 2.13. The van der Waals surface area contributed by atoms with Crippen LogP contribution < -0.4 is 11.1 Å². The van der Waals surface area contributed by atoms with Gasteiger partial charge in [0.2, 0.25) is 5.91 Å². The lowest BCUT2D eigenvalue weighted by Gasteiger charge is -2.17. The lowest BCUT2D eigenvalue weighted by molar-refractivity contribution is -0.122. The van der Waals surface area contributed by atoms with Gasteiger partial charge in [0.05, 0.1) is 0 Å². The van der Waals surface area contributed by atoms with Crippen LogP contribution in [0.5, 0.6) is 0 Å². The maximum absolute atomic E-state index is 11.9. The molecule has 98 valence electrons. The van der Waals surface area contributed by atoms with E-state index in [2.05, 4.69) is 5.32 Å². The number of benzene rings is 1. The maximum Gasteiger partial charge on any atom is 0.241 e. The summed E-state index contributed by atoms with van der Waals surface area (Å²) in [6.45, 7) is 0.799. The molecule has 1 aromatic carbocycles. The predicted octanol–water partition coefficient (Wildman–Crippen LogP) is 0.965. The summed E-state index contributed by atoms with van der Waals surface area (Å²) in [5.74, 6) is -0.148. The van der Waals surface area contributed by atoms with Gasteiger partial charge < -0.3 is 16.2 Å². The molecule has 18 heavy (non-hydrogen) atoms. The molecule has 0 spiro atoms. The van der Waals surface area contributed by atoms with E-state index >= 15 is 0 Å². The third-order valence-electron chi connectivity index (χ3n) is 3.68. The van der Waals surface area contributed by atoms with Gasteiger partial charge in [-0.2, -0.15) is 0 Å². The van der Waals surface area contributed by atoms with Gasteiger partial charge in [-0.15, -0.1) is 0 Å². The zero-order chi connectivity index (χ0) is 13.0. The van der Waals surface area contributed by atoms with Crippen molar-refractivity contribution in [2.75, 3.05) is 13.2 Å². The van der Waals surface area contributed by atoms with Crippen LogP contribution in [0.25, 0.3) is 0 Å². The molecular weight excluding hydrogens is 228 g/mol. The number of aliphatic hydroxyl groups excluding tert-OH is 1. The number of hydrogen-bond acceptors (Lipinski definition) is 3. The first kappa shape index (κ1) is 13.1. The summed E-state index contributed by atoms with van der Waals surface area (Å²) in [5, 5.41) is 11.9. The molecule has 1 atom stereocenters. The molecule has 2 rings (SSSR count). The summed E-state index contributed by atoms with van der Waals surface area (Å²) in [5.41, 5.74) is 6.85. The number of rotatable bonds is 6. The van der Waals surface area contributed by atoms with E-state index in [4.69, 9.17) is 10.8 Å². The van der Waals surface area contributed by atoms with E-state index in [0.717, 1.165) is 24.8 Å². The Balaban J connectivity index is 1.85. The Morgan fingerprint density at radius 2 is 2.06 bits per heavy atom. The van der Waals surface area contributed by atoms with Gasteiger partial charge in [0, 0.05) is 13.2 Å². The topological polar surface area (TPSA) is 75.4 Å². The minimum atomic E-state index is -0.615. The van der Waals surface area contributed by atoms with Crippen molar-refractivity contribution in [2.24, 2.45) is 11.1 Å². The van der Waals surface area contributed by atoms with E-state index in [1.807, 2.05) is 30.3 Å². The highest BCUT2D eigenvalue weighted by molar-refractivity contribution is 5.82. The van der Waals surface area contributed by atoms with Crippen LogP contribution in [-0.2, 0) is 4.79 Å². The van der Waals surface area contributed by atoms with Gasteiger partial charge >= 0.3 is 0 Å². The van der Waals surface area contributed by atoms with Gasteiger partial charge in [-0.3, -0.25) is 4.79 Å². The Hall–Kier alpha value is -1.39. The molecule has 1 amide bonds. The van der Waals surface area contributed by atoms with E-state index in [1.54, 1.807) is 0 Å². The quantitative estimate of drug-likeness (QED) is 0.702. The van der Waals surface area contributed by atoms with Crippen LogP contribution in [-0.4, -0.2) is 24.2 Å². The van der Waals surface area contributed by atoms with Gasteiger partial charge in [0.15, 0.2) is 0 Å². The van der Waals surface area contributed by atoms with E-state index < -0.39 is 6.04 Å². The molecule has 0 aliphatic heterocycles. The Labute approximate surface area is 107 Å². The number of carbonyl (C=O) groups excluding carboxylic acids is 1. The van der Waals surface area contributed by atoms with Crippen molar-refractivity contribution < 1.29 is 9.90 Å². The minimum absolute atomic E-state index is 0.126. The molecule has 0 bridgehead atoms. The summed E-state index contributed by atoms with van der Waals surface area (Å²) < 4.78 is 0. The Kier molecular flexibility index (Phi) is 3.99. The van der Waals surface area contributed by atoms with Crippen LogP contribution in [0.4, 0.5) is 0 Å². The van der Waals surface area contributed by atoms with Crippen molar-refractivity contribution in [1.82, 2.24) is 5.32 Å². The van der Waals surface area contributed by atoms with Gasteiger partial charge in [0.25, 0.3) is 0 Å². The lowest BCUT2D eigenvalue weighted by atomic mass is 10.0. The number of hydrogen-bond donors (Lipinski definition) is 3. The Bertz CT molecular complexity index is 402. The van der Waals surface area contributed by atoms with Crippen LogP contribution >= 0.6 is 0 Å². The molecule has 0 heterocycles. The fraction of sp³-hybridized carbons (Fsp3) is 0.500. The third-order valence-corrected chi connectivity index (χ3v) is 3.68. The highest BCUT2D eigenvalue weighted by Gasteiger charge is 2.42. The number of carbonyl (C=O) groups is 1. The van der Waals surface area contributed by atoms with Crippen LogP contribution in [0.3, 0.4) is 0 Å². The summed E-state index contributed by atoms with van der Waals surface area (Å²) in [7, 11) is 0. The Morgan fingerprint density at radius 3 is 2.61 bits per heavy atom. The van der Waals surface area contributed by atoms with Crippen molar-refractivity contribution in [3.63, 3.8) is 0 Å². The first-order valence-corrected chi connectivity index (χ1v) is 6.36. The molecule has 1 aliphatic rings. The smallest absolute Gasteiger partial charge is 0.241 e. The Morgan fingerprint density at radius 1 is 1.39 bits per heavy atom. The van der Waals surface area contributed by atoms with Gasteiger partial charge in [0.1, 0.15) is 6.04 Å². The second-order valence-corrected chi connectivity index (χ2v) is 5.08. The van der Waals surface area contributed by atoms with Crippen molar-refractivity contribution in [3.8, 4) is 0 Å². The lowest BCUT2D eigenvalue weighted by Crippen LogP contribution is -2.37. The molecular formula is C14H20N2O2. The average molecular weight is 248 g/mol. The second kappa shape index (κ2) is 5.50. The van der Waals surface area contributed by atoms with E-state index in [1.165, 1.54) is 0 Å². The summed E-state index contributed by atoms with van der Waals surface area (Å²) >= 11 is 0. The van der Waals surface area contributed by atoms with Gasteiger partial charge in [-0.05, 0) is 30.2 Å². The molecule has 4 heteroatoms. The fourth-order valence-corrected chi connectivity index (χ4v) is 2.13. The molecule has 0 saturated heterocycles. The molecule has 1 saturated carbocycles. The maximum atomic E-state index is 11.9. The average Bonchev–Trinajstić information content (AvgIpc) is 3.17. The number of nitrogens with one attached hydrogen (secondary N) is 1. The normalized spacial score (nSPS) is 18.1. The molecule has 1 aliphatic carbocycles. The van der Waals surface area contributed by atoms with Crippen molar-refractivity contribution >= 4 is 5.91 Å². The van der Waals surface area contributed by atoms with E-state index in [9.17, 15) is 4.79 Å². The zero-order valence-corrected chi connectivity index (χ0v) is 10.4. The highest BCUT2D eigenvalue weighted by atomic mass is 16.3. The molecule has 4 N–H and O–H groups in total. The van der Waals surface area contributed by atoms with Crippen LogP contribution in [0.2, 0.25) is 0 Å². The predicted molar refractivity (Wildman–Crippen MR) is 69.7 cm³/mol. The third kappa shape index (κ3) is 3.09. The SMILES string of the molecule is NC(C(=O)NCC1(CCO)CC1)c1ccccc1. The molecule has 4 nitrogen and oxygen atoms in total. The van der Waals surface area contributed by atoms with Gasteiger partial charge in [-0.1, -0.05) is 30.3 Å². The van der Waals surface area contributed by atoms with Crippen LogP contribution in [0, 0.1) is 5.41 Å². The van der Waals surface area contributed by atoms with Crippen molar-refractivity contribution in [3.05, 3.63) is 35.9 Å². The largest absolute Gasteiger partial charge is 0.396 e. The zero-order valence-electron chi connectivity index (χ0n) is 10.4. The standard InChI is InChI=1S/C14H20N2O2/c15-12(11-4-2-1-3-5-11)13(18)16-10-14(6-7-14)8-9-17/h1-5,12,17H,6-10,15H2,(H,16,18). The van der Waals surface area contributed by atoms with Crippen molar-refractivity contribution in [1.29, 1.82) is 0 Å². The molecule has 1 unspecified atom stereocenters. The summed E-state index contributed by atoms with van der Waals surface area (Å²) in [4.78, 5) is 11.9. The molecule has 0 aromatic heterocycles. The molecule has 1 fully saturated rings. The highest BCUT2D eigenvalue weighted by Crippen LogP contribution is 2.47. The minimum Gasteiger partial charge on any atom is -0.396 e. The second-order valence-electron chi connectivity index (χ2n) is 5.08. The van der Waals surface area contributed by atoms with Crippen LogP contribution in [0.1, 0.15) is 30.9 Å². The molecule has 0 radical (unpaired) electrons. The number of aliphatic hydroxyl groups is 1. The van der Waals surface area contributed by atoms with E-state index in [0.29, 0.717) is 6.54 Å². The summed E-state index contributed by atoms with van der Waals surface area (Å²) in [6, 6.07) is 8.73. The molecule has 1 aromatic rings. The monoisotopic (exact) mass is 248 g/mol. The van der Waals surface area contributed by atoms with Crippen molar-refractivity contribution in [2.45, 2.75) is 25.3 Å². The number of nitrogens with two attached hydrogens (primary N) is 1. The summed E-state index contributed by atoms with van der Waals surface area (Å²) in [6.07, 6.45) is 2.91. The first-order valence-electron chi connectivity index (χ1n) is 6.36. The number of amides is 1. The van der Waals surface area contributed by atoms with Crippen LogP contribution in [0.15, 0.2) is 30.3 Å². The van der Waals surface area contributed by atoms with E-state index in [-0.39, 0.29) is 17.9 Å². The van der Waals surface area contributed by atoms with Gasteiger partial charge in [-0.25, -0.2) is 0 Å².